The number of fused-ring (bicyclic) bond motifs is 1. The number of benzene rings is 1. The second-order valence-corrected chi connectivity index (χ2v) is 8.20. The van der Waals surface area contributed by atoms with Gasteiger partial charge in [0.25, 0.3) is 0 Å². The predicted molar refractivity (Wildman–Crippen MR) is 122 cm³/mol. The van der Waals surface area contributed by atoms with Gasteiger partial charge in [-0.3, -0.25) is 0 Å². The Kier molecular flexibility index (Phi) is 5.51. The van der Waals surface area contributed by atoms with Gasteiger partial charge in [-0.2, -0.15) is 10.4 Å². The first-order valence-corrected chi connectivity index (χ1v) is 10.2. The van der Waals surface area contributed by atoms with Gasteiger partial charge in [-0.1, -0.05) is 12.1 Å². The molecule has 0 saturated heterocycles. The van der Waals surface area contributed by atoms with Gasteiger partial charge in [0.1, 0.15) is 11.5 Å². The molecule has 0 fully saturated rings. The van der Waals surface area contributed by atoms with Gasteiger partial charge in [0.05, 0.1) is 29.9 Å². The van der Waals surface area contributed by atoms with Crippen LogP contribution in [0.1, 0.15) is 25.1 Å². The molecule has 2 N–H and O–H groups in total. The van der Waals surface area contributed by atoms with Gasteiger partial charge in [0.2, 0.25) is 5.88 Å². The van der Waals surface area contributed by atoms with Crippen LogP contribution >= 0.6 is 0 Å². The predicted octanol–water partition coefficient (Wildman–Crippen LogP) is 3.83. The first-order valence-electron chi connectivity index (χ1n) is 10.2. The summed E-state index contributed by atoms with van der Waals surface area (Å²) in [6.07, 6.45) is 1.82. The summed E-state index contributed by atoms with van der Waals surface area (Å²) in [4.78, 5) is 9.17. The molecular formula is C24H24N6O2. The van der Waals surface area contributed by atoms with Gasteiger partial charge in [-0.15, -0.1) is 0 Å². The van der Waals surface area contributed by atoms with Crippen LogP contribution in [0.4, 0.5) is 5.82 Å². The normalized spacial score (nSPS) is 11.4. The average Bonchev–Trinajstić information content (AvgIpc) is 3.15. The maximum atomic E-state index is 10.1. The van der Waals surface area contributed by atoms with E-state index in [0.717, 1.165) is 22.4 Å². The fourth-order valence-electron chi connectivity index (χ4n) is 3.43. The average molecular weight is 428 g/mol. The van der Waals surface area contributed by atoms with Crippen molar-refractivity contribution in [2.45, 2.75) is 26.4 Å². The maximum absolute atomic E-state index is 10.1. The lowest BCUT2D eigenvalue weighted by atomic mass is 10.00. The van der Waals surface area contributed by atoms with Crippen molar-refractivity contribution < 1.29 is 9.84 Å². The number of aromatic nitrogens is 4. The first-order chi connectivity index (χ1) is 15.3. The summed E-state index contributed by atoms with van der Waals surface area (Å²) < 4.78 is 7.10. The van der Waals surface area contributed by atoms with Gasteiger partial charge in [0.15, 0.2) is 5.65 Å². The van der Waals surface area contributed by atoms with E-state index in [2.05, 4.69) is 16.4 Å². The van der Waals surface area contributed by atoms with E-state index in [1.807, 2.05) is 49.5 Å². The largest absolute Gasteiger partial charge is 0.481 e. The number of nitrogens with zero attached hydrogens (tertiary/aromatic N) is 5. The molecule has 4 aromatic rings. The molecule has 0 aliphatic heterocycles. The lowest BCUT2D eigenvalue weighted by molar-refractivity contribution is 0.0944. The van der Waals surface area contributed by atoms with Crippen molar-refractivity contribution in [3.8, 4) is 34.3 Å². The van der Waals surface area contributed by atoms with E-state index >= 15 is 0 Å². The molecule has 0 unspecified atom stereocenters. The molecule has 32 heavy (non-hydrogen) atoms. The molecule has 0 aliphatic rings. The van der Waals surface area contributed by atoms with Crippen molar-refractivity contribution >= 4 is 11.5 Å². The minimum atomic E-state index is -0.880. The summed E-state index contributed by atoms with van der Waals surface area (Å²) in [5.74, 6) is 1.11. The molecule has 1 aromatic carbocycles. The summed E-state index contributed by atoms with van der Waals surface area (Å²) in [5, 5.41) is 27.4. The molecule has 162 valence electrons. The number of aryl methyl sites for hydroxylation is 1. The van der Waals surface area contributed by atoms with Gasteiger partial charge in [-0.25, -0.2) is 14.5 Å². The summed E-state index contributed by atoms with van der Waals surface area (Å²) >= 11 is 0. The van der Waals surface area contributed by atoms with Gasteiger partial charge < -0.3 is 15.2 Å². The smallest absolute Gasteiger partial charge is 0.213 e. The van der Waals surface area contributed by atoms with E-state index in [4.69, 9.17) is 14.8 Å². The van der Waals surface area contributed by atoms with Gasteiger partial charge in [-0.05, 0) is 50.6 Å². The van der Waals surface area contributed by atoms with Gasteiger partial charge >= 0.3 is 0 Å². The Labute approximate surface area is 186 Å². The van der Waals surface area contributed by atoms with Crippen LogP contribution in [0.25, 0.3) is 28.0 Å². The third kappa shape index (κ3) is 4.38. The molecule has 0 bridgehead atoms. The Morgan fingerprint density at radius 1 is 1.16 bits per heavy atom. The van der Waals surface area contributed by atoms with Crippen molar-refractivity contribution in [3.05, 3.63) is 59.9 Å². The highest BCUT2D eigenvalue weighted by Crippen LogP contribution is 2.36. The monoisotopic (exact) mass is 428 g/mol. The molecule has 8 nitrogen and oxygen atoms in total. The van der Waals surface area contributed by atoms with Crippen molar-refractivity contribution in [3.63, 3.8) is 0 Å². The highest BCUT2D eigenvalue weighted by Gasteiger charge is 2.20. The lowest BCUT2D eigenvalue weighted by Crippen LogP contribution is -2.29. The second kappa shape index (κ2) is 8.29. The quantitative estimate of drug-likeness (QED) is 0.480. The first kappa shape index (κ1) is 21.3. The molecule has 0 aliphatic carbocycles. The Balaban J connectivity index is 1.95. The number of aliphatic hydroxyl groups is 1. The van der Waals surface area contributed by atoms with Gasteiger partial charge in [0, 0.05) is 30.1 Å². The molecule has 3 aromatic heterocycles. The van der Waals surface area contributed by atoms with Crippen LogP contribution in [-0.2, 0) is 0 Å². The Hall–Kier alpha value is -3.96. The minimum absolute atomic E-state index is 0.346. The highest BCUT2D eigenvalue weighted by molar-refractivity contribution is 5.91. The van der Waals surface area contributed by atoms with Crippen molar-refractivity contribution in [2.75, 3.05) is 19.0 Å². The maximum Gasteiger partial charge on any atom is 0.213 e. The number of rotatable bonds is 6. The third-order valence-electron chi connectivity index (χ3n) is 4.88. The van der Waals surface area contributed by atoms with Crippen LogP contribution in [0.3, 0.4) is 0 Å². The lowest BCUT2D eigenvalue weighted by Gasteiger charge is -2.18. The number of ether oxygens (including phenoxy) is 1. The fourth-order valence-corrected chi connectivity index (χ4v) is 3.43. The van der Waals surface area contributed by atoms with E-state index in [1.165, 1.54) is 0 Å². The SMILES string of the molecule is COc1cc(-c2c(-c3cccc(C#N)c3)nn3ccc(NCC(C)(C)O)nc23)cc(C)n1. The molecule has 0 spiro atoms. The second-order valence-electron chi connectivity index (χ2n) is 8.20. The molecule has 0 amide bonds. The van der Waals surface area contributed by atoms with E-state index in [1.54, 1.807) is 31.5 Å². The van der Waals surface area contributed by atoms with Crippen molar-refractivity contribution in [1.82, 2.24) is 19.6 Å². The zero-order valence-electron chi connectivity index (χ0n) is 18.4. The highest BCUT2D eigenvalue weighted by atomic mass is 16.5. The van der Waals surface area contributed by atoms with Crippen LogP contribution in [0.15, 0.2) is 48.7 Å². The number of hydrogen-bond acceptors (Lipinski definition) is 7. The van der Waals surface area contributed by atoms with Crippen LogP contribution in [0.5, 0.6) is 5.88 Å². The van der Waals surface area contributed by atoms with E-state index in [-0.39, 0.29) is 0 Å². The molecule has 0 atom stereocenters. The molecule has 4 rings (SSSR count). The zero-order chi connectivity index (χ0) is 22.9. The minimum Gasteiger partial charge on any atom is -0.481 e. The Bertz CT molecular complexity index is 1330. The molecule has 3 heterocycles. The summed E-state index contributed by atoms with van der Waals surface area (Å²) in [6, 6.07) is 15.1. The summed E-state index contributed by atoms with van der Waals surface area (Å²) in [6.45, 7) is 5.71. The van der Waals surface area contributed by atoms with E-state index in [0.29, 0.717) is 35.1 Å². The molecular weight excluding hydrogens is 404 g/mol. The Morgan fingerprint density at radius 2 is 1.97 bits per heavy atom. The van der Waals surface area contributed by atoms with Crippen LogP contribution < -0.4 is 10.1 Å². The van der Waals surface area contributed by atoms with Crippen LogP contribution in [0.2, 0.25) is 0 Å². The molecule has 8 heteroatoms. The summed E-state index contributed by atoms with van der Waals surface area (Å²) in [7, 11) is 1.58. The van der Waals surface area contributed by atoms with Crippen LogP contribution in [-0.4, -0.2) is 43.9 Å². The third-order valence-corrected chi connectivity index (χ3v) is 4.88. The number of pyridine rings is 1. The summed E-state index contributed by atoms with van der Waals surface area (Å²) in [5.41, 5.74) is 4.27. The zero-order valence-corrected chi connectivity index (χ0v) is 18.4. The number of methoxy groups -OCH3 is 1. The van der Waals surface area contributed by atoms with E-state index < -0.39 is 5.60 Å². The molecule has 0 radical (unpaired) electrons. The van der Waals surface area contributed by atoms with Crippen molar-refractivity contribution in [1.29, 1.82) is 5.26 Å². The Morgan fingerprint density at radius 3 is 2.69 bits per heavy atom. The fraction of sp³-hybridized carbons (Fsp3) is 0.250. The topological polar surface area (TPSA) is 108 Å². The number of nitriles is 1. The van der Waals surface area contributed by atoms with E-state index in [9.17, 15) is 10.4 Å². The van der Waals surface area contributed by atoms with Crippen LogP contribution in [0, 0.1) is 18.3 Å². The molecule has 0 saturated carbocycles. The standard InChI is InChI=1S/C24H24N6O2/c1-15-10-18(12-20(27-15)32-4)21-22(17-7-5-6-16(11-17)13-25)29-30-9-8-19(28-23(21)30)26-14-24(2,3)31/h5-12,31H,14H2,1-4H3,(H,26,28). The number of nitrogens with one attached hydrogen (secondary N) is 1. The van der Waals surface area contributed by atoms with Crippen molar-refractivity contribution in [2.24, 2.45) is 0 Å². The number of anilines is 1. The number of hydrogen-bond donors (Lipinski definition) is 2.